The van der Waals surface area contributed by atoms with Crippen LogP contribution in [0, 0.1) is 0 Å². The number of rotatable bonds is 20. The van der Waals surface area contributed by atoms with Crippen molar-refractivity contribution in [2.24, 2.45) is 20.0 Å². The van der Waals surface area contributed by atoms with Gasteiger partial charge >= 0.3 is 23.9 Å². The largest absolute Gasteiger partial charge is 0.425 e. The normalized spacial score (nSPS) is 16.6. The van der Waals surface area contributed by atoms with Gasteiger partial charge in [-0.15, -0.1) is 72.7 Å². The lowest BCUT2D eigenvalue weighted by Gasteiger charge is -2.21. The van der Waals surface area contributed by atoms with Crippen molar-refractivity contribution in [2.75, 3.05) is 0 Å². The van der Waals surface area contributed by atoms with Gasteiger partial charge in [0.25, 0.3) is 0 Å². The van der Waals surface area contributed by atoms with E-state index in [0.29, 0.717) is 61.9 Å². The van der Waals surface area contributed by atoms with Gasteiger partial charge in [-0.25, -0.2) is 20.0 Å². The number of fused-ring (bicyclic) bond motifs is 4. The van der Waals surface area contributed by atoms with Crippen molar-refractivity contribution in [3.8, 4) is 23.0 Å². The quantitative estimate of drug-likeness (QED) is 0.0367. The number of hydrogen-bond donors (Lipinski definition) is 0. The summed E-state index contributed by atoms with van der Waals surface area (Å²) in [4.78, 5) is 76.4. The molecule has 0 aromatic heterocycles. The summed E-state index contributed by atoms with van der Waals surface area (Å²) in [5.74, 6) is -2.69. The first-order valence-corrected chi connectivity index (χ1v) is 26.9. The Bertz CT molecular complexity index is 3700. The first kappa shape index (κ1) is 56.2. The lowest BCUT2D eigenvalue weighted by Crippen LogP contribution is -2.22. The Labute approximate surface area is 482 Å². The van der Waals surface area contributed by atoms with Crippen LogP contribution >= 0.6 is 46.4 Å². The third-order valence-electron chi connectivity index (χ3n) is 12.5. The molecule has 4 aromatic rings. The molecule has 5 aliphatic heterocycles. The minimum atomic E-state index is -1.13. The third kappa shape index (κ3) is 12.5. The summed E-state index contributed by atoms with van der Waals surface area (Å²) < 4.78 is 24.8. The predicted octanol–water partition coefficient (Wildman–Crippen LogP) is 14.0. The molecule has 0 saturated carbocycles. The van der Waals surface area contributed by atoms with Crippen molar-refractivity contribution < 1.29 is 38.1 Å². The van der Waals surface area contributed by atoms with Crippen LogP contribution in [0.1, 0.15) is 47.9 Å². The number of carbonyl (C=O) groups excluding carboxylic acids is 4. The van der Waals surface area contributed by atoms with Gasteiger partial charge in [0.1, 0.15) is 44.5 Å². The predicted molar refractivity (Wildman–Crippen MR) is 320 cm³/mol. The van der Waals surface area contributed by atoms with Crippen molar-refractivity contribution in [3.05, 3.63) is 241 Å². The van der Waals surface area contributed by atoms with Crippen LogP contribution in [0.2, 0.25) is 0 Å². The molecule has 0 amide bonds. The van der Waals surface area contributed by atoms with Gasteiger partial charge in [0.15, 0.2) is 0 Å². The maximum atomic E-state index is 14.0. The average molecular weight is 1140 g/mol. The summed E-state index contributed by atoms with van der Waals surface area (Å²) in [5.41, 5.74) is 5.98. The second kappa shape index (κ2) is 25.5. The second-order valence-corrected chi connectivity index (χ2v) is 20.2. The Morgan fingerprint density at radius 2 is 0.775 bits per heavy atom. The van der Waals surface area contributed by atoms with Crippen LogP contribution in [0.25, 0.3) is 22.3 Å². The van der Waals surface area contributed by atoms with E-state index in [4.69, 9.17) is 85.3 Å². The number of halogens is 4. The molecule has 0 radical (unpaired) electrons. The fraction of sp³-hybridized carbons (Fsp3) is 0.125. The van der Waals surface area contributed by atoms with Crippen LogP contribution in [0.15, 0.2) is 239 Å². The van der Waals surface area contributed by atoms with E-state index in [-0.39, 0.29) is 76.9 Å². The zero-order chi connectivity index (χ0) is 56.5. The SMILES string of the molecule is C=CCC(Cl)C(=O)Oc1ccccc1C1=CC2=CC3=NC(=CC4=NC(=CC5=NC(=C(c6ccccc6OC(=O)C(Cl)CC=C)C1=N2)C(c1ccccc1OC(=O)C(Cl)CC=C)=C5c1ccccc1OC(=O)C(Cl)CC=C)C=C4)C=C3. The molecule has 0 spiro atoms. The third-order valence-corrected chi connectivity index (χ3v) is 13.9. The molecule has 16 heteroatoms. The first-order chi connectivity index (χ1) is 38.8. The lowest BCUT2D eigenvalue weighted by atomic mass is 9.85. The zero-order valence-corrected chi connectivity index (χ0v) is 45.7. The van der Waals surface area contributed by atoms with E-state index in [1.165, 1.54) is 24.3 Å². The second-order valence-electron chi connectivity index (χ2n) is 18.1. The highest BCUT2D eigenvalue weighted by molar-refractivity contribution is 6.51. The van der Waals surface area contributed by atoms with Crippen LogP contribution in [0.5, 0.6) is 23.0 Å². The summed E-state index contributed by atoms with van der Waals surface area (Å²) >= 11 is 26.4. The number of hydrogen-bond acceptors (Lipinski definition) is 12. The van der Waals surface area contributed by atoms with E-state index in [2.05, 4.69) is 26.3 Å². The maximum Gasteiger partial charge on any atom is 0.329 e. The molecule has 400 valence electrons. The molecule has 9 rings (SSSR count). The number of aliphatic imine (C=N–C) groups is 4. The zero-order valence-electron chi connectivity index (χ0n) is 42.7. The van der Waals surface area contributed by atoms with E-state index >= 15 is 0 Å². The summed E-state index contributed by atoms with van der Waals surface area (Å²) in [6, 6.07) is 27.3. The summed E-state index contributed by atoms with van der Waals surface area (Å²) in [6.07, 6.45) is 21.1. The number of alkyl halides is 4. The molecule has 4 unspecified atom stereocenters. The number of carbonyl (C=O) groups is 4. The highest BCUT2D eigenvalue weighted by Gasteiger charge is 2.38. The van der Waals surface area contributed by atoms with E-state index in [1.807, 2.05) is 36.5 Å². The summed E-state index contributed by atoms with van der Waals surface area (Å²) in [6.45, 7) is 15.0. The Hall–Kier alpha value is -8.52. The van der Waals surface area contributed by atoms with Crippen molar-refractivity contribution in [1.29, 1.82) is 0 Å². The van der Waals surface area contributed by atoms with Crippen molar-refractivity contribution in [1.82, 2.24) is 0 Å². The van der Waals surface area contributed by atoms with Gasteiger partial charge in [0, 0.05) is 44.5 Å². The van der Waals surface area contributed by atoms with Gasteiger partial charge in [-0.05, 0) is 98.6 Å². The van der Waals surface area contributed by atoms with E-state index in [0.717, 1.165) is 0 Å². The minimum Gasteiger partial charge on any atom is -0.425 e. The van der Waals surface area contributed by atoms with Gasteiger partial charge in [-0.3, -0.25) is 19.2 Å². The summed E-state index contributed by atoms with van der Waals surface area (Å²) in [7, 11) is 0. The van der Waals surface area contributed by atoms with E-state index in [9.17, 15) is 19.2 Å². The highest BCUT2D eigenvalue weighted by atomic mass is 35.5. The average Bonchev–Trinajstić information content (AvgIpc) is 4.32. The van der Waals surface area contributed by atoms with Gasteiger partial charge in [0.2, 0.25) is 0 Å². The monoisotopic (exact) mass is 1140 g/mol. The number of para-hydroxylation sites is 4. The molecular formula is C64H48Cl4N4O8. The Morgan fingerprint density at radius 1 is 0.412 bits per heavy atom. The standard InChI is InChI=1S/C64H48Cl4N4O8/c1-5-17-47(65)61(73)77-52-25-13-9-21-42(52)46-35-41-34-39-30-29-37(69-39)33-38-31-32-40(70-38)36-51-56(43-22-10-14-26-53(43)78-62(74)48(66)18-6-2)57(44-23-11-15-27-54(44)79-63(75)49(67)19-7-3)60(72-51)58(59(46)71-41)45-24-12-16-28-55(45)80-64(76)50(68)20-8-4/h5-16,21-36,47-50H,1-4,17-20H2. The van der Waals surface area contributed by atoms with Crippen LogP contribution in [-0.4, -0.2) is 68.2 Å². The summed E-state index contributed by atoms with van der Waals surface area (Å²) in [5, 5.41) is -4.40. The molecule has 80 heavy (non-hydrogen) atoms. The van der Waals surface area contributed by atoms with Crippen molar-refractivity contribution >= 4 is 115 Å². The Kier molecular flexibility index (Phi) is 17.9. The lowest BCUT2D eigenvalue weighted by molar-refractivity contribution is -0.134. The smallest absolute Gasteiger partial charge is 0.329 e. The molecule has 0 fully saturated rings. The van der Waals surface area contributed by atoms with Gasteiger partial charge in [-0.2, -0.15) is 0 Å². The number of allylic oxidation sites excluding steroid dienone is 16. The molecular weight excluding hydrogens is 1090 g/mol. The van der Waals surface area contributed by atoms with Crippen LogP contribution in [-0.2, 0) is 19.2 Å². The van der Waals surface area contributed by atoms with Gasteiger partial charge in [0.05, 0.1) is 45.6 Å². The van der Waals surface area contributed by atoms with Crippen LogP contribution in [0.3, 0.4) is 0 Å². The molecule has 4 atom stereocenters. The first-order valence-electron chi connectivity index (χ1n) is 25.1. The number of ether oxygens (including phenoxy) is 4. The van der Waals surface area contributed by atoms with E-state index in [1.54, 1.807) is 109 Å². The van der Waals surface area contributed by atoms with Crippen LogP contribution in [0.4, 0.5) is 0 Å². The molecule has 0 aliphatic carbocycles. The molecule has 5 heterocycles. The molecule has 0 saturated heterocycles. The molecule has 5 aliphatic rings. The van der Waals surface area contributed by atoms with Gasteiger partial charge < -0.3 is 18.9 Å². The number of esters is 4. The van der Waals surface area contributed by atoms with Crippen molar-refractivity contribution in [3.63, 3.8) is 0 Å². The van der Waals surface area contributed by atoms with E-state index < -0.39 is 45.4 Å². The molecule has 4 aromatic carbocycles. The fourth-order valence-electron chi connectivity index (χ4n) is 8.85. The highest BCUT2D eigenvalue weighted by Crippen LogP contribution is 2.51. The Balaban J connectivity index is 1.46. The Morgan fingerprint density at radius 3 is 1.21 bits per heavy atom. The van der Waals surface area contributed by atoms with Crippen LogP contribution < -0.4 is 18.9 Å². The number of benzene rings is 4. The molecule has 8 bridgehead atoms. The number of nitrogens with zero attached hydrogens (tertiary/aromatic N) is 4. The minimum absolute atomic E-state index is 0.0466. The molecule has 0 N–H and O–H groups in total. The van der Waals surface area contributed by atoms with Crippen molar-refractivity contribution in [2.45, 2.75) is 47.2 Å². The van der Waals surface area contributed by atoms with Gasteiger partial charge in [-0.1, -0.05) is 97.1 Å². The maximum absolute atomic E-state index is 14.0. The topological polar surface area (TPSA) is 155 Å². The molecule has 12 nitrogen and oxygen atoms in total. The fourth-order valence-corrected chi connectivity index (χ4v) is 9.53.